The molecule has 1 saturated heterocycles. The van der Waals surface area contributed by atoms with Crippen molar-refractivity contribution in [2.75, 3.05) is 26.7 Å². The van der Waals surface area contributed by atoms with Crippen LogP contribution in [0.25, 0.3) is 0 Å². The second-order valence-corrected chi connectivity index (χ2v) is 5.48. The number of carbonyl (C=O) groups excluding carboxylic acids is 1. The number of unbranched alkanes of at least 4 members (excludes halogenated alkanes) is 1. The lowest BCUT2D eigenvalue weighted by Crippen LogP contribution is -2.35. The van der Waals surface area contributed by atoms with Crippen molar-refractivity contribution >= 4 is 18.3 Å². The number of amides is 1. The Labute approximate surface area is 111 Å². The van der Waals surface area contributed by atoms with Gasteiger partial charge in [-0.3, -0.25) is 4.79 Å². The predicted molar refractivity (Wildman–Crippen MR) is 72.4 cm³/mol. The molecule has 100 valence electrons. The monoisotopic (exact) mass is 260 g/mol. The summed E-state index contributed by atoms with van der Waals surface area (Å²) in [5.41, 5.74) is 0.392. The van der Waals surface area contributed by atoms with Crippen molar-refractivity contribution in [2.45, 2.75) is 39.0 Å². The van der Waals surface area contributed by atoms with E-state index >= 15 is 0 Å². The molecule has 0 aromatic rings. The summed E-state index contributed by atoms with van der Waals surface area (Å²) < 4.78 is 0. The van der Waals surface area contributed by atoms with Crippen molar-refractivity contribution in [1.29, 1.82) is 0 Å². The van der Waals surface area contributed by atoms with Crippen LogP contribution in [0.4, 0.5) is 0 Å². The van der Waals surface area contributed by atoms with Gasteiger partial charge >= 0.3 is 0 Å². The Morgan fingerprint density at radius 3 is 2.65 bits per heavy atom. The molecule has 0 radical (unpaired) electrons. The molecule has 4 heteroatoms. The van der Waals surface area contributed by atoms with Crippen molar-refractivity contribution in [3.63, 3.8) is 0 Å². The first-order chi connectivity index (χ1) is 7.69. The van der Waals surface area contributed by atoms with Gasteiger partial charge in [0.1, 0.15) is 0 Å². The summed E-state index contributed by atoms with van der Waals surface area (Å²) in [6, 6.07) is 0. The molecule has 3 nitrogen and oxygen atoms in total. The number of nitrogens with zero attached hydrogens (tertiary/aromatic N) is 1. The minimum Gasteiger partial charge on any atom is -0.346 e. The predicted octanol–water partition coefficient (Wildman–Crippen LogP) is 2.06. The van der Waals surface area contributed by atoms with Crippen LogP contribution in [0.5, 0.6) is 0 Å². The molecular weight excluding hydrogens is 236 g/mol. The Morgan fingerprint density at radius 1 is 1.41 bits per heavy atom. The molecule has 0 aromatic heterocycles. The van der Waals surface area contributed by atoms with E-state index in [0.29, 0.717) is 17.2 Å². The van der Waals surface area contributed by atoms with E-state index in [2.05, 4.69) is 12.2 Å². The fourth-order valence-electron chi connectivity index (χ4n) is 2.95. The average molecular weight is 261 g/mol. The molecule has 1 amide bonds. The molecule has 17 heavy (non-hydrogen) atoms. The van der Waals surface area contributed by atoms with Crippen LogP contribution in [0, 0.1) is 11.3 Å². The van der Waals surface area contributed by atoms with Crippen LogP contribution in [0.3, 0.4) is 0 Å². The van der Waals surface area contributed by atoms with Crippen molar-refractivity contribution in [3.05, 3.63) is 0 Å². The highest BCUT2D eigenvalue weighted by Gasteiger charge is 2.58. The SMILES string of the molecule is CCCCN(C)C(=O)C1CC12CCNCC2.Cl. The van der Waals surface area contributed by atoms with Gasteiger partial charge in [-0.05, 0) is 44.2 Å². The number of piperidine rings is 1. The van der Waals surface area contributed by atoms with Gasteiger partial charge in [0.15, 0.2) is 0 Å². The maximum absolute atomic E-state index is 12.2. The smallest absolute Gasteiger partial charge is 0.226 e. The van der Waals surface area contributed by atoms with Gasteiger partial charge in [0.2, 0.25) is 5.91 Å². The molecule has 1 saturated carbocycles. The van der Waals surface area contributed by atoms with Crippen molar-refractivity contribution in [1.82, 2.24) is 10.2 Å². The highest BCUT2D eigenvalue weighted by Crippen LogP contribution is 2.59. The van der Waals surface area contributed by atoms with Gasteiger partial charge in [-0.2, -0.15) is 0 Å². The van der Waals surface area contributed by atoms with Gasteiger partial charge in [-0.1, -0.05) is 13.3 Å². The Hall–Kier alpha value is -0.280. The third-order valence-electron chi connectivity index (χ3n) is 4.31. The zero-order valence-corrected chi connectivity index (χ0v) is 11.8. The van der Waals surface area contributed by atoms with Gasteiger partial charge in [-0.15, -0.1) is 12.4 Å². The molecule has 0 bridgehead atoms. The fourth-order valence-corrected chi connectivity index (χ4v) is 2.95. The minimum atomic E-state index is 0. The first kappa shape index (κ1) is 14.8. The molecule has 0 aromatic carbocycles. The largest absolute Gasteiger partial charge is 0.346 e. The standard InChI is InChI=1S/C13H24N2O.ClH/c1-3-4-9-15(2)12(16)11-10-13(11)5-7-14-8-6-13;/h11,14H,3-10H2,1-2H3;1H. The normalized spacial score (nSPS) is 25.2. The van der Waals surface area contributed by atoms with E-state index in [-0.39, 0.29) is 12.4 Å². The number of rotatable bonds is 4. The maximum Gasteiger partial charge on any atom is 0.226 e. The summed E-state index contributed by atoms with van der Waals surface area (Å²) >= 11 is 0. The van der Waals surface area contributed by atoms with Gasteiger partial charge in [0.25, 0.3) is 0 Å². The summed E-state index contributed by atoms with van der Waals surface area (Å²) in [6.07, 6.45) is 5.83. The van der Waals surface area contributed by atoms with Crippen LogP contribution in [-0.2, 0) is 4.79 Å². The maximum atomic E-state index is 12.2. The molecular formula is C13H25ClN2O. The summed E-state index contributed by atoms with van der Waals surface area (Å²) in [7, 11) is 1.96. The van der Waals surface area contributed by atoms with Crippen molar-refractivity contribution in [2.24, 2.45) is 11.3 Å². The zero-order valence-electron chi connectivity index (χ0n) is 11.0. The van der Waals surface area contributed by atoms with Gasteiger partial charge < -0.3 is 10.2 Å². The fraction of sp³-hybridized carbons (Fsp3) is 0.923. The minimum absolute atomic E-state index is 0. The number of nitrogens with one attached hydrogen (secondary N) is 1. The van der Waals surface area contributed by atoms with Gasteiger partial charge in [0.05, 0.1) is 0 Å². The highest BCUT2D eigenvalue weighted by molar-refractivity contribution is 5.85. The highest BCUT2D eigenvalue weighted by atomic mass is 35.5. The van der Waals surface area contributed by atoms with Gasteiger partial charge in [0, 0.05) is 19.5 Å². The third-order valence-corrected chi connectivity index (χ3v) is 4.31. The number of carbonyl (C=O) groups is 1. The zero-order chi connectivity index (χ0) is 11.6. The molecule has 1 aliphatic heterocycles. The summed E-state index contributed by atoms with van der Waals surface area (Å²) in [5, 5.41) is 3.38. The van der Waals surface area contributed by atoms with E-state index in [9.17, 15) is 4.79 Å². The third kappa shape index (κ3) is 3.14. The van der Waals surface area contributed by atoms with Crippen LogP contribution in [0.15, 0.2) is 0 Å². The van der Waals surface area contributed by atoms with Crippen molar-refractivity contribution < 1.29 is 4.79 Å². The molecule has 1 unspecified atom stereocenters. The Morgan fingerprint density at radius 2 is 2.06 bits per heavy atom. The van der Waals surface area contributed by atoms with E-state index in [4.69, 9.17) is 0 Å². The first-order valence-electron chi connectivity index (χ1n) is 6.65. The quantitative estimate of drug-likeness (QED) is 0.839. The molecule has 1 heterocycles. The Kier molecular flexibility index (Phi) is 5.26. The first-order valence-corrected chi connectivity index (χ1v) is 6.65. The molecule has 2 rings (SSSR count). The lowest BCUT2D eigenvalue weighted by molar-refractivity contribution is -0.132. The topological polar surface area (TPSA) is 32.3 Å². The van der Waals surface area contributed by atoms with E-state index in [1.165, 1.54) is 12.8 Å². The number of hydrogen-bond donors (Lipinski definition) is 1. The average Bonchev–Trinajstić information content (AvgIpc) is 2.99. The van der Waals surface area contributed by atoms with E-state index in [1.807, 2.05) is 11.9 Å². The van der Waals surface area contributed by atoms with Crippen molar-refractivity contribution in [3.8, 4) is 0 Å². The van der Waals surface area contributed by atoms with Crippen LogP contribution in [0.1, 0.15) is 39.0 Å². The number of hydrogen-bond acceptors (Lipinski definition) is 2. The molecule has 2 aliphatic rings. The molecule has 2 fully saturated rings. The van der Waals surface area contributed by atoms with E-state index < -0.39 is 0 Å². The second kappa shape index (κ2) is 6.05. The van der Waals surface area contributed by atoms with Crippen LogP contribution in [-0.4, -0.2) is 37.5 Å². The summed E-state index contributed by atoms with van der Waals surface area (Å²) in [5.74, 6) is 0.742. The van der Waals surface area contributed by atoms with Crippen LogP contribution >= 0.6 is 12.4 Å². The Balaban J connectivity index is 0.00000144. The lowest BCUT2D eigenvalue weighted by Gasteiger charge is -2.25. The molecule has 1 spiro atoms. The van der Waals surface area contributed by atoms with Gasteiger partial charge in [-0.25, -0.2) is 0 Å². The van der Waals surface area contributed by atoms with Crippen LogP contribution in [0.2, 0.25) is 0 Å². The van der Waals surface area contributed by atoms with Crippen LogP contribution < -0.4 is 5.32 Å². The Bertz CT molecular complexity index is 264. The molecule has 1 atom stereocenters. The second-order valence-electron chi connectivity index (χ2n) is 5.48. The molecule has 1 aliphatic carbocycles. The number of halogens is 1. The lowest BCUT2D eigenvalue weighted by atomic mass is 9.91. The molecule has 1 N–H and O–H groups in total. The van der Waals surface area contributed by atoms with E-state index in [0.717, 1.165) is 38.9 Å². The summed E-state index contributed by atoms with van der Waals surface area (Å²) in [4.78, 5) is 14.1. The summed E-state index contributed by atoms with van der Waals surface area (Å²) in [6.45, 7) is 5.30. The van der Waals surface area contributed by atoms with E-state index in [1.54, 1.807) is 0 Å².